The van der Waals surface area contributed by atoms with Crippen LogP contribution >= 0.6 is 0 Å². The molecule has 2 fully saturated rings. The third-order valence-corrected chi connectivity index (χ3v) is 5.94. The number of allylic oxidation sites excluding steroid dienone is 1. The maximum atomic E-state index is 13.2. The molecule has 2 aliphatic heterocycles. The van der Waals surface area contributed by atoms with Crippen molar-refractivity contribution in [2.45, 2.75) is 51.0 Å². The predicted octanol–water partition coefficient (Wildman–Crippen LogP) is 3.37. The minimum atomic E-state index is -0.712. The highest BCUT2D eigenvalue weighted by molar-refractivity contribution is 6.22. The standard InChI is InChI=1S/C21H24N2O3/c1-14-11-12-18(21(26)22(14)13-15-7-3-2-4-8-15)23-19(24)16-9-5-6-10-17(16)20(23)25/h5-6,9-10,15,18H,1-4,7-8,11-13H2. The molecule has 1 aliphatic carbocycles. The van der Waals surface area contributed by atoms with E-state index < -0.39 is 6.04 Å². The molecule has 136 valence electrons. The second-order valence-corrected chi connectivity index (χ2v) is 7.60. The van der Waals surface area contributed by atoms with Crippen molar-refractivity contribution in [2.24, 2.45) is 5.92 Å². The Kier molecular flexibility index (Phi) is 4.39. The number of carbonyl (C=O) groups excluding carboxylic acids is 3. The quantitative estimate of drug-likeness (QED) is 0.784. The molecule has 1 aromatic carbocycles. The number of rotatable bonds is 3. The largest absolute Gasteiger partial charge is 0.315 e. The number of carbonyl (C=O) groups is 3. The summed E-state index contributed by atoms with van der Waals surface area (Å²) in [5, 5.41) is 0. The summed E-state index contributed by atoms with van der Waals surface area (Å²) in [6.45, 7) is 4.73. The summed E-state index contributed by atoms with van der Waals surface area (Å²) < 4.78 is 0. The lowest BCUT2D eigenvalue weighted by Crippen LogP contribution is -2.54. The lowest BCUT2D eigenvalue weighted by molar-refractivity contribution is -0.136. The molecule has 1 saturated carbocycles. The topological polar surface area (TPSA) is 57.7 Å². The summed E-state index contributed by atoms with van der Waals surface area (Å²) in [7, 11) is 0. The molecule has 0 spiro atoms. The Hall–Kier alpha value is -2.43. The lowest BCUT2D eigenvalue weighted by Gasteiger charge is -2.39. The summed E-state index contributed by atoms with van der Waals surface area (Å²) >= 11 is 0. The zero-order valence-electron chi connectivity index (χ0n) is 14.9. The fraction of sp³-hybridized carbons (Fsp3) is 0.476. The Morgan fingerprint density at radius 2 is 1.54 bits per heavy atom. The Balaban J connectivity index is 1.56. The summed E-state index contributed by atoms with van der Waals surface area (Å²) in [5.41, 5.74) is 1.61. The van der Waals surface area contributed by atoms with Crippen LogP contribution in [0.2, 0.25) is 0 Å². The molecule has 5 heteroatoms. The van der Waals surface area contributed by atoms with Gasteiger partial charge in [0.15, 0.2) is 0 Å². The van der Waals surface area contributed by atoms with Crippen LogP contribution in [-0.2, 0) is 4.79 Å². The van der Waals surface area contributed by atoms with Crippen molar-refractivity contribution in [3.63, 3.8) is 0 Å². The van der Waals surface area contributed by atoms with Gasteiger partial charge < -0.3 is 4.90 Å². The average Bonchev–Trinajstić information content (AvgIpc) is 2.91. The van der Waals surface area contributed by atoms with Gasteiger partial charge in [0, 0.05) is 12.2 Å². The van der Waals surface area contributed by atoms with Crippen molar-refractivity contribution in [1.29, 1.82) is 0 Å². The highest BCUT2D eigenvalue weighted by Crippen LogP contribution is 2.33. The third-order valence-electron chi connectivity index (χ3n) is 5.94. The number of amides is 3. The van der Waals surface area contributed by atoms with Crippen LogP contribution in [0.15, 0.2) is 36.5 Å². The second kappa shape index (κ2) is 6.71. The minimum Gasteiger partial charge on any atom is -0.315 e. The fourth-order valence-corrected chi connectivity index (χ4v) is 4.47. The van der Waals surface area contributed by atoms with Crippen molar-refractivity contribution in [3.05, 3.63) is 47.7 Å². The van der Waals surface area contributed by atoms with E-state index in [1.807, 2.05) is 0 Å². The molecule has 0 aromatic heterocycles. The molecule has 1 aromatic rings. The molecule has 0 radical (unpaired) electrons. The highest BCUT2D eigenvalue weighted by atomic mass is 16.2. The number of nitrogens with zero attached hydrogens (tertiary/aromatic N) is 2. The predicted molar refractivity (Wildman–Crippen MR) is 97.4 cm³/mol. The Morgan fingerprint density at radius 3 is 2.15 bits per heavy atom. The van der Waals surface area contributed by atoms with E-state index in [0.717, 1.165) is 18.5 Å². The van der Waals surface area contributed by atoms with E-state index in [9.17, 15) is 14.4 Å². The van der Waals surface area contributed by atoms with Gasteiger partial charge in [0.2, 0.25) is 5.91 Å². The maximum Gasteiger partial charge on any atom is 0.262 e. The van der Waals surface area contributed by atoms with Crippen LogP contribution in [0.1, 0.15) is 65.7 Å². The third kappa shape index (κ3) is 2.75. The van der Waals surface area contributed by atoms with Crippen molar-refractivity contribution in [3.8, 4) is 0 Å². The highest BCUT2D eigenvalue weighted by Gasteiger charge is 2.45. The van der Waals surface area contributed by atoms with E-state index in [1.54, 1.807) is 29.2 Å². The molecule has 0 bridgehead atoms. The lowest BCUT2D eigenvalue weighted by atomic mass is 9.88. The van der Waals surface area contributed by atoms with Crippen LogP contribution in [-0.4, -0.2) is 40.1 Å². The first kappa shape index (κ1) is 17.0. The fourth-order valence-electron chi connectivity index (χ4n) is 4.47. The van der Waals surface area contributed by atoms with E-state index in [0.29, 0.717) is 36.4 Å². The molecule has 5 nitrogen and oxygen atoms in total. The van der Waals surface area contributed by atoms with Gasteiger partial charge in [-0.1, -0.05) is 38.0 Å². The first-order valence-corrected chi connectivity index (χ1v) is 9.54. The van der Waals surface area contributed by atoms with Gasteiger partial charge in [0.25, 0.3) is 11.8 Å². The SMILES string of the molecule is C=C1CCC(N2C(=O)c3ccccc3C2=O)C(=O)N1CC1CCCCC1. The van der Waals surface area contributed by atoms with Gasteiger partial charge in [0.1, 0.15) is 6.04 Å². The minimum absolute atomic E-state index is 0.152. The van der Waals surface area contributed by atoms with Crippen LogP contribution in [0.4, 0.5) is 0 Å². The summed E-state index contributed by atoms with van der Waals surface area (Å²) in [4.78, 5) is 41.6. The Morgan fingerprint density at radius 1 is 0.923 bits per heavy atom. The molecule has 1 atom stereocenters. The number of benzene rings is 1. The number of piperidine rings is 1. The molecule has 1 saturated heterocycles. The number of fused-ring (bicyclic) bond motifs is 1. The van der Waals surface area contributed by atoms with E-state index in [1.165, 1.54) is 24.2 Å². The van der Waals surface area contributed by atoms with Gasteiger partial charge in [-0.3, -0.25) is 19.3 Å². The van der Waals surface area contributed by atoms with Gasteiger partial charge >= 0.3 is 0 Å². The van der Waals surface area contributed by atoms with Gasteiger partial charge in [-0.05, 0) is 43.7 Å². The van der Waals surface area contributed by atoms with E-state index in [4.69, 9.17) is 0 Å². The average molecular weight is 352 g/mol. The normalized spacial score (nSPS) is 24.4. The molecular formula is C21H24N2O3. The monoisotopic (exact) mass is 352 g/mol. The van der Waals surface area contributed by atoms with Crippen LogP contribution in [0.25, 0.3) is 0 Å². The molecule has 0 N–H and O–H groups in total. The van der Waals surface area contributed by atoms with Crippen molar-refractivity contribution in [2.75, 3.05) is 6.54 Å². The van der Waals surface area contributed by atoms with E-state index in [2.05, 4.69) is 6.58 Å². The molecule has 4 rings (SSSR count). The van der Waals surface area contributed by atoms with Gasteiger partial charge in [-0.25, -0.2) is 0 Å². The second-order valence-electron chi connectivity index (χ2n) is 7.60. The number of likely N-dealkylation sites (tertiary alicyclic amines) is 1. The van der Waals surface area contributed by atoms with Gasteiger partial charge in [-0.15, -0.1) is 0 Å². The van der Waals surface area contributed by atoms with E-state index >= 15 is 0 Å². The van der Waals surface area contributed by atoms with Gasteiger partial charge in [0.05, 0.1) is 11.1 Å². The first-order chi connectivity index (χ1) is 12.6. The number of hydrogen-bond acceptors (Lipinski definition) is 3. The molecule has 3 amide bonds. The molecule has 3 aliphatic rings. The van der Waals surface area contributed by atoms with Crippen molar-refractivity contribution < 1.29 is 14.4 Å². The van der Waals surface area contributed by atoms with Crippen molar-refractivity contribution in [1.82, 2.24) is 9.80 Å². The first-order valence-electron chi connectivity index (χ1n) is 9.54. The maximum absolute atomic E-state index is 13.2. The Labute approximate surface area is 153 Å². The van der Waals surface area contributed by atoms with Crippen LogP contribution in [0, 0.1) is 5.92 Å². The molecule has 1 unspecified atom stereocenters. The van der Waals surface area contributed by atoms with Gasteiger partial charge in [-0.2, -0.15) is 0 Å². The number of imide groups is 1. The van der Waals surface area contributed by atoms with Crippen LogP contribution in [0.5, 0.6) is 0 Å². The van der Waals surface area contributed by atoms with Crippen molar-refractivity contribution >= 4 is 17.7 Å². The molecular weight excluding hydrogens is 328 g/mol. The summed E-state index contributed by atoms with van der Waals surface area (Å²) in [5.74, 6) is -0.366. The molecule has 26 heavy (non-hydrogen) atoms. The zero-order chi connectivity index (χ0) is 18.3. The van der Waals surface area contributed by atoms with E-state index in [-0.39, 0.29) is 17.7 Å². The summed E-state index contributed by atoms with van der Waals surface area (Å²) in [6.07, 6.45) is 7.05. The van der Waals surface area contributed by atoms with Crippen LogP contribution in [0.3, 0.4) is 0 Å². The zero-order valence-corrected chi connectivity index (χ0v) is 14.9. The van der Waals surface area contributed by atoms with Crippen LogP contribution < -0.4 is 0 Å². The number of hydrogen-bond donors (Lipinski definition) is 0. The molecule has 2 heterocycles. The summed E-state index contributed by atoms with van der Waals surface area (Å²) in [6, 6.07) is 6.08. The Bertz CT molecular complexity index is 744. The smallest absolute Gasteiger partial charge is 0.262 e.